The minimum atomic E-state index is 0.401. The molecule has 5 heteroatoms. The third-order valence-corrected chi connectivity index (χ3v) is 5.46. The van der Waals surface area contributed by atoms with Crippen LogP contribution in [0, 0.1) is 6.92 Å². The molecule has 0 aromatic carbocycles. The molecular weight excluding hydrogens is 268 g/mol. The summed E-state index contributed by atoms with van der Waals surface area (Å²) in [5.74, 6) is 0. The Kier molecular flexibility index (Phi) is 5.81. The third kappa shape index (κ3) is 3.93. The van der Waals surface area contributed by atoms with E-state index in [4.69, 9.17) is 4.98 Å². The Labute approximate surface area is 127 Å². The molecule has 1 atom stereocenters. The monoisotopic (exact) mass is 296 g/mol. The van der Waals surface area contributed by atoms with Crippen LogP contribution in [0.25, 0.3) is 0 Å². The maximum atomic E-state index is 4.75. The highest BCUT2D eigenvalue weighted by molar-refractivity contribution is 7.15. The minimum Gasteiger partial charge on any atom is -0.350 e. The molecular formula is C15H28N4S. The van der Waals surface area contributed by atoms with Crippen molar-refractivity contribution in [2.75, 3.05) is 44.7 Å². The van der Waals surface area contributed by atoms with E-state index in [2.05, 4.69) is 42.9 Å². The Morgan fingerprint density at radius 2 is 2.10 bits per heavy atom. The van der Waals surface area contributed by atoms with Crippen molar-refractivity contribution >= 4 is 16.5 Å². The Balaban J connectivity index is 1.92. The molecule has 0 bridgehead atoms. The minimum absolute atomic E-state index is 0.401. The zero-order valence-electron chi connectivity index (χ0n) is 13.3. The summed E-state index contributed by atoms with van der Waals surface area (Å²) < 4.78 is 0. The van der Waals surface area contributed by atoms with Crippen LogP contribution in [-0.2, 0) is 0 Å². The second-order valence-electron chi connectivity index (χ2n) is 5.70. The summed E-state index contributed by atoms with van der Waals surface area (Å²) in [6.45, 7) is 12.3. The Hall–Kier alpha value is -0.650. The summed E-state index contributed by atoms with van der Waals surface area (Å²) in [5, 5.41) is 4.63. The fraction of sp³-hybridized carbons (Fsp3) is 0.800. The van der Waals surface area contributed by atoms with Gasteiger partial charge in [0.1, 0.15) is 0 Å². The Bertz CT molecular complexity index is 412. The van der Waals surface area contributed by atoms with Crippen LogP contribution >= 0.6 is 11.3 Å². The molecule has 0 amide bonds. The second-order valence-corrected chi connectivity index (χ2v) is 6.70. The Morgan fingerprint density at radius 1 is 1.40 bits per heavy atom. The third-order valence-electron chi connectivity index (χ3n) is 4.00. The lowest BCUT2D eigenvalue weighted by molar-refractivity contribution is 0.346. The van der Waals surface area contributed by atoms with Gasteiger partial charge in [-0.2, -0.15) is 0 Å². The first-order valence-electron chi connectivity index (χ1n) is 7.76. The van der Waals surface area contributed by atoms with Gasteiger partial charge in [-0.15, -0.1) is 11.3 Å². The normalized spacial score (nSPS) is 17.6. The quantitative estimate of drug-likeness (QED) is 0.838. The molecule has 2 rings (SSSR count). The fourth-order valence-corrected chi connectivity index (χ4v) is 3.83. The summed E-state index contributed by atoms with van der Waals surface area (Å²) in [6.07, 6.45) is 2.73. The first-order valence-corrected chi connectivity index (χ1v) is 8.57. The predicted molar refractivity (Wildman–Crippen MR) is 87.9 cm³/mol. The van der Waals surface area contributed by atoms with Gasteiger partial charge >= 0.3 is 0 Å². The van der Waals surface area contributed by atoms with Crippen molar-refractivity contribution in [3.05, 3.63) is 10.6 Å². The smallest absolute Gasteiger partial charge is 0.185 e. The van der Waals surface area contributed by atoms with E-state index in [1.807, 2.05) is 11.3 Å². The van der Waals surface area contributed by atoms with Gasteiger partial charge in [-0.25, -0.2) is 4.98 Å². The molecule has 1 aromatic rings. The number of likely N-dealkylation sites (N-methyl/N-ethyl adjacent to an activating group) is 1. The van der Waals surface area contributed by atoms with Gasteiger partial charge in [0, 0.05) is 31.1 Å². The van der Waals surface area contributed by atoms with Crippen LogP contribution in [0.3, 0.4) is 0 Å². The number of hydrogen-bond donors (Lipinski definition) is 1. The van der Waals surface area contributed by atoms with Gasteiger partial charge in [-0.3, -0.25) is 0 Å². The number of rotatable bonds is 7. The number of aromatic nitrogens is 1. The van der Waals surface area contributed by atoms with Crippen molar-refractivity contribution in [2.45, 2.75) is 39.7 Å². The largest absolute Gasteiger partial charge is 0.350 e. The van der Waals surface area contributed by atoms with Crippen LogP contribution in [0.1, 0.15) is 43.3 Å². The molecule has 1 fully saturated rings. The van der Waals surface area contributed by atoms with Crippen LogP contribution in [0.2, 0.25) is 0 Å². The summed E-state index contributed by atoms with van der Waals surface area (Å²) in [7, 11) is 2.16. The summed E-state index contributed by atoms with van der Waals surface area (Å²) in [4.78, 5) is 11.0. The van der Waals surface area contributed by atoms with E-state index in [1.54, 1.807) is 0 Å². The maximum absolute atomic E-state index is 4.75. The van der Waals surface area contributed by atoms with Crippen molar-refractivity contribution in [1.82, 2.24) is 15.2 Å². The molecule has 0 radical (unpaired) electrons. The van der Waals surface area contributed by atoms with Crippen molar-refractivity contribution in [3.8, 4) is 0 Å². The number of nitrogens with one attached hydrogen (secondary N) is 1. The first-order chi connectivity index (χ1) is 9.61. The van der Waals surface area contributed by atoms with Gasteiger partial charge in [0.2, 0.25) is 0 Å². The van der Waals surface area contributed by atoms with Gasteiger partial charge in [-0.1, -0.05) is 6.92 Å². The topological polar surface area (TPSA) is 31.4 Å². The number of nitrogens with zero attached hydrogens (tertiary/aromatic N) is 3. The van der Waals surface area contributed by atoms with E-state index in [-0.39, 0.29) is 0 Å². The van der Waals surface area contributed by atoms with Crippen LogP contribution in [-0.4, -0.2) is 49.7 Å². The summed E-state index contributed by atoms with van der Waals surface area (Å²) in [6, 6.07) is 0.401. The lowest BCUT2D eigenvalue weighted by Crippen LogP contribution is -2.31. The highest BCUT2D eigenvalue weighted by Gasteiger charge is 2.17. The molecule has 1 aliphatic heterocycles. The van der Waals surface area contributed by atoms with Gasteiger partial charge in [0.15, 0.2) is 5.13 Å². The number of aryl methyl sites for hydroxylation is 1. The van der Waals surface area contributed by atoms with E-state index < -0.39 is 0 Å². The van der Waals surface area contributed by atoms with Gasteiger partial charge in [0.05, 0.1) is 5.69 Å². The van der Waals surface area contributed by atoms with Crippen molar-refractivity contribution in [3.63, 3.8) is 0 Å². The molecule has 2 heterocycles. The molecule has 1 aromatic heterocycles. The van der Waals surface area contributed by atoms with Crippen LogP contribution in [0.15, 0.2) is 0 Å². The number of anilines is 1. The van der Waals surface area contributed by atoms with Crippen molar-refractivity contribution in [1.29, 1.82) is 0 Å². The van der Waals surface area contributed by atoms with Crippen LogP contribution in [0.5, 0.6) is 0 Å². The molecule has 0 saturated carbocycles. The zero-order valence-corrected chi connectivity index (χ0v) is 14.1. The predicted octanol–water partition coefficient (Wildman–Crippen LogP) is 2.65. The van der Waals surface area contributed by atoms with E-state index in [0.717, 1.165) is 24.8 Å². The average Bonchev–Trinajstić information content (AvgIpc) is 3.05. The van der Waals surface area contributed by atoms with E-state index in [9.17, 15) is 0 Å². The average molecular weight is 296 g/mol. The standard InChI is InChI=1S/C15H28N4S/c1-5-16-12(2)14-13(3)17-15(20-14)18(4)10-11-19-8-6-7-9-19/h12,16H,5-11H2,1-4H3. The summed E-state index contributed by atoms with van der Waals surface area (Å²) in [5.41, 5.74) is 1.17. The van der Waals surface area contributed by atoms with Crippen LogP contribution in [0.4, 0.5) is 5.13 Å². The number of thiazole rings is 1. The molecule has 20 heavy (non-hydrogen) atoms. The molecule has 1 aliphatic rings. The highest BCUT2D eigenvalue weighted by atomic mass is 32.1. The molecule has 1 unspecified atom stereocenters. The SMILES string of the molecule is CCNC(C)c1sc(N(C)CCN2CCCC2)nc1C. The molecule has 4 nitrogen and oxygen atoms in total. The van der Waals surface area contributed by atoms with Gasteiger partial charge in [0.25, 0.3) is 0 Å². The van der Waals surface area contributed by atoms with Crippen molar-refractivity contribution < 1.29 is 0 Å². The Morgan fingerprint density at radius 3 is 2.75 bits per heavy atom. The van der Waals surface area contributed by atoms with Crippen molar-refractivity contribution in [2.24, 2.45) is 0 Å². The first kappa shape index (κ1) is 15.7. The molecule has 0 aliphatic carbocycles. The second kappa shape index (κ2) is 7.38. The molecule has 0 spiro atoms. The highest BCUT2D eigenvalue weighted by Crippen LogP contribution is 2.30. The van der Waals surface area contributed by atoms with E-state index in [0.29, 0.717) is 6.04 Å². The lowest BCUT2D eigenvalue weighted by Gasteiger charge is -2.20. The van der Waals surface area contributed by atoms with Gasteiger partial charge < -0.3 is 15.1 Å². The maximum Gasteiger partial charge on any atom is 0.185 e. The zero-order chi connectivity index (χ0) is 14.5. The lowest BCUT2D eigenvalue weighted by atomic mass is 10.2. The van der Waals surface area contributed by atoms with Gasteiger partial charge in [-0.05, 0) is 46.3 Å². The molecule has 1 saturated heterocycles. The van der Waals surface area contributed by atoms with Crippen LogP contribution < -0.4 is 10.2 Å². The molecule has 114 valence electrons. The fourth-order valence-electron chi connectivity index (χ4n) is 2.75. The number of likely N-dealkylation sites (tertiary alicyclic amines) is 1. The van der Waals surface area contributed by atoms with E-state index >= 15 is 0 Å². The summed E-state index contributed by atoms with van der Waals surface area (Å²) >= 11 is 1.83. The molecule has 1 N–H and O–H groups in total. The number of hydrogen-bond acceptors (Lipinski definition) is 5. The van der Waals surface area contributed by atoms with E-state index in [1.165, 1.54) is 36.5 Å².